The summed E-state index contributed by atoms with van der Waals surface area (Å²) in [6.45, 7) is 4.37. The molecule has 0 spiro atoms. The van der Waals surface area contributed by atoms with E-state index in [4.69, 9.17) is 4.98 Å². The molecule has 1 aromatic carbocycles. The van der Waals surface area contributed by atoms with Gasteiger partial charge in [-0.15, -0.1) is 0 Å². The van der Waals surface area contributed by atoms with Gasteiger partial charge in [-0.25, -0.2) is 4.98 Å². The molecule has 1 aliphatic rings. The fourth-order valence-corrected chi connectivity index (χ4v) is 3.27. The normalized spacial score (nSPS) is 16.1. The van der Waals surface area contributed by atoms with Crippen molar-refractivity contribution in [3.8, 4) is 6.07 Å². The van der Waals surface area contributed by atoms with E-state index in [-0.39, 0.29) is 0 Å². The van der Waals surface area contributed by atoms with Gasteiger partial charge in [0.1, 0.15) is 5.82 Å². The van der Waals surface area contributed by atoms with Crippen LogP contribution < -0.4 is 4.90 Å². The number of piperidine rings is 1. The molecule has 1 aromatic heterocycles. The third-order valence-corrected chi connectivity index (χ3v) is 4.46. The number of benzene rings is 1. The summed E-state index contributed by atoms with van der Waals surface area (Å²) in [7, 11) is 0. The maximum Gasteiger partial charge on any atom is 0.130 e. The number of rotatable bonds is 3. The molecule has 0 amide bonds. The summed E-state index contributed by atoms with van der Waals surface area (Å²) >= 11 is 0. The monoisotopic (exact) mass is 279 g/mol. The minimum atomic E-state index is 0.728. The number of nitriles is 1. The molecular formula is C18H21N3. The molecule has 1 saturated heterocycles. The van der Waals surface area contributed by atoms with Crippen molar-refractivity contribution in [2.75, 3.05) is 18.0 Å². The summed E-state index contributed by atoms with van der Waals surface area (Å²) in [5.41, 5.74) is 1.65. The fraction of sp³-hybridized carbons (Fsp3) is 0.444. The zero-order valence-corrected chi connectivity index (χ0v) is 12.5. The molecule has 0 unspecified atom stereocenters. The van der Waals surface area contributed by atoms with Crippen LogP contribution in [0.3, 0.4) is 0 Å². The second kappa shape index (κ2) is 6.13. The summed E-state index contributed by atoms with van der Waals surface area (Å²) in [5.74, 6) is 1.82. The van der Waals surface area contributed by atoms with Crippen LogP contribution in [-0.2, 0) is 0 Å². The molecule has 2 aromatic rings. The second-order valence-corrected chi connectivity index (χ2v) is 5.88. The second-order valence-electron chi connectivity index (χ2n) is 5.88. The number of hydrogen-bond donors (Lipinski definition) is 0. The topological polar surface area (TPSA) is 39.9 Å². The zero-order valence-electron chi connectivity index (χ0n) is 12.5. The average molecular weight is 279 g/mol. The summed E-state index contributed by atoms with van der Waals surface area (Å²) in [6, 6.07) is 12.2. The van der Waals surface area contributed by atoms with Gasteiger partial charge < -0.3 is 4.90 Å². The van der Waals surface area contributed by atoms with Crippen molar-refractivity contribution in [3.63, 3.8) is 0 Å². The lowest BCUT2D eigenvalue weighted by molar-refractivity contribution is 0.377. The van der Waals surface area contributed by atoms with Gasteiger partial charge in [0.05, 0.1) is 17.1 Å². The van der Waals surface area contributed by atoms with E-state index in [1.807, 2.05) is 30.3 Å². The van der Waals surface area contributed by atoms with Crippen molar-refractivity contribution in [1.29, 1.82) is 5.26 Å². The van der Waals surface area contributed by atoms with E-state index in [0.29, 0.717) is 0 Å². The molecule has 0 radical (unpaired) electrons. The molecule has 3 rings (SSSR count). The standard InChI is InChI=1S/C18H21N3/c1-2-5-14-8-10-21(11-9-14)18-12-15(13-19)16-6-3-4-7-17(16)20-18/h3-4,6-7,12,14H,2,5,8-11H2,1H3. The average Bonchev–Trinajstić information content (AvgIpc) is 2.55. The van der Waals surface area contributed by atoms with Gasteiger partial charge in [-0.1, -0.05) is 38.0 Å². The van der Waals surface area contributed by atoms with Crippen molar-refractivity contribution in [2.24, 2.45) is 5.92 Å². The van der Waals surface area contributed by atoms with Crippen LogP contribution in [0.1, 0.15) is 38.2 Å². The Morgan fingerprint density at radius 2 is 2.05 bits per heavy atom. The molecule has 0 N–H and O–H groups in total. The third-order valence-electron chi connectivity index (χ3n) is 4.46. The molecule has 0 aliphatic carbocycles. The van der Waals surface area contributed by atoms with E-state index in [1.165, 1.54) is 25.7 Å². The number of nitrogens with zero attached hydrogens (tertiary/aromatic N) is 3. The molecule has 3 heteroatoms. The minimum Gasteiger partial charge on any atom is -0.357 e. The highest BCUT2D eigenvalue weighted by Gasteiger charge is 2.20. The van der Waals surface area contributed by atoms with Gasteiger partial charge >= 0.3 is 0 Å². The molecule has 0 saturated carbocycles. The Bertz CT molecular complexity index is 664. The molecule has 108 valence electrons. The smallest absolute Gasteiger partial charge is 0.130 e. The molecule has 0 bridgehead atoms. The first-order chi connectivity index (χ1) is 10.3. The Morgan fingerprint density at radius 1 is 1.29 bits per heavy atom. The molecule has 1 aliphatic heterocycles. The predicted molar refractivity (Wildman–Crippen MR) is 86.3 cm³/mol. The van der Waals surface area contributed by atoms with E-state index in [9.17, 15) is 5.26 Å². The van der Waals surface area contributed by atoms with Gasteiger partial charge in [-0.3, -0.25) is 0 Å². The number of fused-ring (bicyclic) bond motifs is 1. The highest BCUT2D eigenvalue weighted by Crippen LogP contribution is 2.27. The summed E-state index contributed by atoms with van der Waals surface area (Å²) in [5, 5.41) is 10.3. The van der Waals surface area contributed by atoms with Gasteiger partial charge in [-0.2, -0.15) is 5.26 Å². The first kappa shape index (κ1) is 13.9. The minimum absolute atomic E-state index is 0.728. The summed E-state index contributed by atoms with van der Waals surface area (Å²) in [4.78, 5) is 7.09. The Balaban J connectivity index is 1.87. The Labute approximate surface area is 126 Å². The molecule has 0 atom stereocenters. The van der Waals surface area contributed by atoms with E-state index >= 15 is 0 Å². The number of anilines is 1. The molecular weight excluding hydrogens is 258 g/mol. The highest BCUT2D eigenvalue weighted by atomic mass is 15.2. The largest absolute Gasteiger partial charge is 0.357 e. The molecule has 3 nitrogen and oxygen atoms in total. The lowest BCUT2D eigenvalue weighted by Crippen LogP contribution is -2.34. The van der Waals surface area contributed by atoms with Gasteiger partial charge in [0.2, 0.25) is 0 Å². The van der Waals surface area contributed by atoms with Crippen molar-refractivity contribution >= 4 is 16.7 Å². The van der Waals surface area contributed by atoms with Crippen molar-refractivity contribution in [3.05, 3.63) is 35.9 Å². The number of hydrogen-bond acceptors (Lipinski definition) is 3. The zero-order chi connectivity index (χ0) is 14.7. The first-order valence-electron chi connectivity index (χ1n) is 7.86. The summed E-state index contributed by atoms with van der Waals surface area (Å²) in [6.07, 6.45) is 5.09. The Hall–Kier alpha value is -2.08. The maximum absolute atomic E-state index is 9.37. The van der Waals surface area contributed by atoms with E-state index in [1.54, 1.807) is 0 Å². The van der Waals surface area contributed by atoms with Crippen LogP contribution in [0.2, 0.25) is 0 Å². The summed E-state index contributed by atoms with van der Waals surface area (Å²) < 4.78 is 0. The van der Waals surface area contributed by atoms with Crippen LogP contribution in [0.4, 0.5) is 5.82 Å². The van der Waals surface area contributed by atoms with Crippen LogP contribution in [0, 0.1) is 17.2 Å². The van der Waals surface area contributed by atoms with Gasteiger partial charge in [-0.05, 0) is 30.9 Å². The van der Waals surface area contributed by atoms with Crippen LogP contribution in [0.25, 0.3) is 10.9 Å². The molecule has 2 heterocycles. The SMILES string of the molecule is CCCC1CCN(c2cc(C#N)c3ccccc3n2)CC1. The van der Waals surface area contributed by atoms with Crippen molar-refractivity contribution < 1.29 is 0 Å². The maximum atomic E-state index is 9.37. The Morgan fingerprint density at radius 3 is 2.76 bits per heavy atom. The van der Waals surface area contributed by atoms with Crippen LogP contribution in [-0.4, -0.2) is 18.1 Å². The van der Waals surface area contributed by atoms with Crippen molar-refractivity contribution in [1.82, 2.24) is 4.98 Å². The van der Waals surface area contributed by atoms with Crippen molar-refractivity contribution in [2.45, 2.75) is 32.6 Å². The third kappa shape index (κ3) is 2.85. The molecule has 21 heavy (non-hydrogen) atoms. The lowest BCUT2D eigenvalue weighted by atomic mass is 9.92. The van der Waals surface area contributed by atoms with Gasteiger partial charge in [0.25, 0.3) is 0 Å². The quantitative estimate of drug-likeness (QED) is 0.848. The van der Waals surface area contributed by atoms with Gasteiger partial charge in [0.15, 0.2) is 0 Å². The number of aromatic nitrogens is 1. The molecule has 1 fully saturated rings. The number of pyridine rings is 1. The number of para-hydroxylation sites is 1. The lowest BCUT2D eigenvalue weighted by Gasteiger charge is -2.33. The van der Waals surface area contributed by atoms with E-state index in [0.717, 1.165) is 41.3 Å². The van der Waals surface area contributed by atoms with Crippen LogP contribution in [0.15, 0.2) is 30.3 Å². The van der Waals surface area contributed by atoms with Crippen LogP contribution in [0.5, 0.6) is 0 Å². The fourth-order valence-electron chi connectivity index (χ4n) is 3.27. The predicted octanol–water partition coefficient (Wildman–Crippen LogP) is 4.12. The highest BCUT2D eigenvalue weighted by molar-refractivity contribution is 5.86. The first-order valence-corrected chi connectivity index (χ1v) is 7.86. The Kier molecular flexibility index (Phi) is 4.06. The van der Waals surface area contributed by atoms with Gasteiger partial charge in [0, 0.05) is 18.5 Å². The van der Waals surface area contributed by atoms with Crippen LogP contribution >= 0.6 is 0 Å². The van der Waals surface area contributed by atoms with E-state index < -0.39 is 0 Å². The van der Waals surface area contributed by atoms with E-state index in [2.05, 4.69) is 17.9 Å².